The molecule has 2 aromatic rings. The second-order valence-electron chi connectivity index (χ2n) is 6.89. The SMILES string of the molecule is O=C1C[C@@H](C(F)(F)F)N(C(=O)CN2CCc3ccccc32)c2ccccc2N1. The van der Waals surface area contributed by atoms with E-state index >= 15 is 0 Å². The molecular weight excluding hydrogens is 371 g/mol. The lowest BCUT2D eigenvalue weighted by Crippen LogP contribution is -2.52. The highest BCUT2D eigenvalue weighted by Crippen LogP contribution is 2.38. The molecule has 0 bridgehead atoms. The van der Waals surface area contributed by atoms with Gasteiger partial charge in [0.05, 0.1) is 24.3 Å². The molecule has 5 nitrogen and oxygen atoms in total. The minimum atomic E-state index is -4.73. The van der Waals surface area contributed by atoms with Crippen LogP contribution in [0.3, 0.4) is 0 Å². The first kappa shape index (κ1) is 18.3. The third-order valence-corrected chi connectivity index (χ3v) is 5.08. The van der Waals surface area contributed by atoms with Gasteiger partial charge in [-0.05, 0) is 30.2 Å². The van der Waals surface area contributed by atoms with E-state index in [1.54, 1.807) is 17.0 Å². The molecule has 0 unspecified atom stereocenters. The number of carbonyl (C=O) groups is 2. The maximum atomic E-state index is 13.8. The first-order valence-corrected chi connectivity index (χ1v) is 8.95. The van der Waals surface area contributed by atoms with Gasteiger partial charge >= 0.3 is 6.18 Å². The molecule has 4 rings (SSSR count). The zero-order valence-electron chi connectivity index (χ0n) is 14.9. The van der Waals surface area contributed by atoms with Crippen molar-refractivity contribution in [1.82, 2.24) is 0 Å². The lowest BCUT2D eigenvalue weighted by Gasteiger charge is -2.33. The van der Waals surface area contributed by atoms with Crippen molar-refractivity contribution in [2.24, 2.45) is 0 Å². The van der Waals surface area contributed by atoms with Gasteiger partial charge in [0, 0.05) is 12.2 Å². The quantitative estimate of drug-likeness (QED) is 0.857. The van der Waals surface area contributed by atoms with Crippen molar-refractivity contribution in [1.29, 1.82) is 0 Å². The van der Waals surface area contributed by atoms with Crippen molar-refractivity contribution in [3.63, 3.8) is 0 Å². The summed E-state index contributed by atoms with van der Waals surface area (Å²) >= 11 is 0. The summed E-state index contributed by atoms with van der Waals surface area (Å²) < 4.78 is 41.3. The Labute approximate surface area is 159 Å². The number of amides is 2. The van der Waals surface area contributed by atoms with E-state index in [2.05, 4.69) is 5.32 Å². The van der Waals surface area contributed by atoms with Crippen molar-refractivity contribution in [2.75, 3.05) is 28.2 Å². The fourth-order valence-electron chi connectivity index (χ4n) is 3.81. The number of fused-ring (bicyclic) bond motifs is 2. The maximum Gasteiger partial charge on any atom is 0.409 e. The topological polar surface area (TPSA) is 52.7 Å². The van der Waals surface area contributed by atoms with E-state index in [1.807, 2.05) is 24.3 Å². The summed E-state index contributed by atoms with van der Waals surface area (Å²) in [5.41, 5.74) is 2.19. The molecule has 1 atom stereocenters. The van der Waals surface area contributed by atoms with Crippen molar-refractivity contribution >= 4 is 28.9 Å². The minimum absolute atomic E-state index is 0.0631. The van der Waals surface area contributed by atoms with Gasteiger partial charge in [0.1, 0.15) is 6.04 Å². The molecule has 2 aliphatic rings. The van der Waals surface area contributed by atoms with Gasteiger partial charge in [-0.3, -0.25) is 14.5 Å². The van der Waals surface area contributed by atoms with Gasteiger partial charge in [-0.25, -0.2) is 0 Å². The van der Waals surface area contributed by atoms with Gasteiger partial charge in [0.15, 0.2) is 0 Å². The van der Waals surface area contributed by atoms with Crippen LogP contribution < -0.4 is 15.1 Å². The van der Waals surface area contributed by atoms with E-state index < -0.39 is 30.5 Å². The Balaban J connectivity index is 1.70. The van der Waals surface area contributed by atoms with Gasteiger partial charge < -0.3 is 10.2 Å². The first-order valence-electron chi connectivity index (χ1n) is 8.95. The second kappa shape index (κ2) is 6.85. The van der Waals surface area contributed by atoms with E-state index in [9.17, 15) is 22.8 Å². The normalized spacial score (nSPS) is 19.0. The standard InChI is InChI=1S/C20H18F3N3O2/c21-20(22,23)17-11-18(27)24-14-6-2-4-8-16(14)26(17)19(28)12-25-10-9-13-5-1-3-7-15(13)25/h1-8,17H,9-12H2,(H,24,27)/t17-/m0/s1. The number of rotatable bonds is 2. The second-order valence-corrected chi connectivity index (χ2v) is 6.89. The fourth-order valence-corrected chi connectivity index (χ4v) is 3.81. The zero-order valence-corrected chi connectivity index (χ0v) is 14.9. The van der Waals surface area contributed by atoms with Crippen LogP contribution in [0.15, 0.2) is 48.5 Å². The molecule has 146 valence electrons. The number of anilines is 3. The molecule has 8 heteroatoms. The summed E-state index contributed by atoms with van der Waals surface area (Å²) in [6.45, 7) is 0.376. The third-order valence-electron chi connectivity index (χ3n) is 5.08. The molecule has 2 aromatic carbocycles. The molecule has 2 heterocycles. The van der Waals surface area contributed by atoms with E-state index in [4.69, 9.17) is 0 Å². The number of nitrogens with one attached hydrogen (secondary N) is 1. The van der Waals surface area contributed by atoms with Crippen molar-refractivity contribution in [3.8, 4) is 0 Å². The molecular formula is C20H18F3N3O2. The van der Waals surface area contributed by atoms with Crippen LogP contribution in [-0.4, -0.2) is 37.1 Å². The van der Waals surface area contributed by atoms with Gasteiger partial charge in [-0.2, -0.15) is 13.2 Å². The van der Waals surface area contributed by atoms with Crippen LogP contribution in [0, 0.1) is 0 Å². The fraction of sp³-hybridized carbons (Fsp3) is 0.300. The molecule has 0 saturated heterocycles. The Kier molecular flexibility index (Phi) is 4.49. The van der Waals surface area contributed by atoms with Crippen LogP contribution in [0.1, 0.15) is 12.0 Å². The molecule has 2 aliphatic heterocycles. The van der Waals surface area contributed by atoms with Gasteiger partial charge in [-0.15, -0.1) is 0 Å². The molecule has 0 radical (unpaired) electrons. The van der Waals surface area contributed by atoms with E-state index in [-0.39, 0.29) is 17.9 Å². The summed E-state index contributed by atoms with van der Waals surface area (Å²) in [6, 6.07) is 11.4. The van der Waals surface area contributed by atoms with E-state index in [0.29, 0.717) is 6.54 Å². The van der Waals surface area contributed by atoms with Gasteiger partial charge in [0.2, 0.25) is 11.8 Å². The van der Waals surface area contributed by atoms with Crippen molar-refractivity contribution in [3.05, 3.63) is 54.1 Å². The monoisotopic (exact) mass is 389 g/mol. The van der Waals surface area contributed by atoms with Crippen molar-refractivity contribution in [2.45, 2.75) is 25.1 Å². The number of halogens is 3. The summed E-state index contributed by atoms with van der Waals surface area (Å²) in [7, 11) is 0. The molecule has 28 heavy (non-hydrogen) atoms. The van der Waals surface area contributed by atoms with Crippen LogP contribution in [0.5, 0.6) is 0 Å². The Morgan fingerprint density at radius 3 is 2.50 bits per heavy atom. The summed E-state index contributed by atoms with van der Waals surface area (Å²) in [4.78, 5) is 27.6. The van der Waals surface area contributed by atoms with Crippen LogP contribution in [0.25, 0.3) is 0 Å². The number of nitrogens with zero attached hydrogens (tertiary/aromatic N) is 2. The zero-order chi connectivity index (χ0) is 19.9. The Hall–Kier alpha value is -3.03. The Morgan fingerprint density at radius 1 is 1.07 bits per heavy atom. The molecule has 0 saturated carbocycles. The number of carbonyl (C=O) groups excluding carboxylic acids is 2. The Morgan fingerprint density at radius 2 is 1.75 bits per heavy atom. The summed E-state index contributed by atoms with van der Waals surface area (Å²) in [5.74, 6) is -1.46. The van der Waals surface area contributed by atoms with Gasteiger partial charge in [-0.1, -0.05) is 30.3 Å². The lowest BCUT2D eigenvalue weighted by molar-refractivity contribution is -0.157. The largest absolute Gasteiger partial charge is 0.409 e. The lowest BCUT2D eigenvalue weighted by atomic mass is 10.1. The number of alkyl halides is 3. The molecule has 2 amide bonds. The Bertz CT molecular complexity index is 929. The number of hydrogen-bond donors (Lipinski definition) is 1. The average molecular weight is 389 g/mol. The first-order chi connectivity index (χ1) is 13.3. The summed E-state index contributed by atoms with van der Waals surface area (Å²) in [6.07, 6.45) is -4.82. The van der Waals surface area contributed by atoms with Gasteiger partial charge in [0.25, 0.3) is 0 Å². The highest BCUT2D eigenvalue weighted by atomic mass is 19.4. The van der Waals surface area contributed by atoms with Crippen LogP contribution in [0.4, 0.5) is 30.2 Å². The maximum absolute atomic E-state index is 13.8. The molecule has 0 aliphatic carbocycles. The third kappa shape index (κ3) is 3.30. The highest BCUT2D eigenvalue weighted by Gasteiger charge is 2.49. The summed E-state index contributed by atoms with van der Waals surface area (Å²) in [5, 5.41) is 2.47. The van der Waals surface area contributed by atoms with Crippen molar-refractivity contribution < 1.29 is 22.8 Å². The molecule has 0 aromatic heterocycles. The van der Waals surface area contributed by atoms with Crippen LogP contribution >= 0.6 is 0 Å². The number of benzene rings is 2. The van der Waals surface area contributed by atoms with E-state index in [0.717, 1.165) is 22.6 Å². The highest BCUT2D eigenvalue weighted by molar-refractivity contribution is 6.06. The van der Waals surface area contributed by atoms with Crippen LogP contribution in [0.2, 0.25) is 0 Å². The predicted molar refractivity (Wildman–Crippen MR) is 99.4 cm³/mol. The molecule has 1 N–H and O–H groups in total. The predicted octanol–water partition coefficient (Wildman–Crippen LogP) is 3.36. The average Bonchev–Trinajstić information content (AvgIpc) is 2.97. The number of hydrogen-bond acceptors (Lipinski definition) is 3. The molecule has 0 spiro atoms. The van der Waals surface area contributed by atoms with E-state index in [1.165, 1.54) is 12.1 Å². The number of para-hydroxylation sites is 3. The minimum Gasteiger partial charge on any atom is -0.362 e. The van der Waals surface area contributed by atoms with Crippen LogP contribution in [-0.2, 0) is 16.0 Å². The smallest absolute Gasteiger partial charge is 0.362 e. The molecule has 0 fully saturated rings.